The lowest BCUT2D eigenvalue weighted by Gasteiger charge is -2.27. The average Bonchev–Trinajstić information content (AvgIpc) is 2.32. The van der Waals surface area contributed by atoms with Crippen molar-refractivity contribution in [1.29, 1.82) is 0 Å². The Morgan fingerprint density at radius 2 is 1.88 bits per heavy atom. The van der Waals surface area contributed by atoms with E-state index in [0.29, 0.717) is 5.92 Å². The van der Waals surface area contributed by atoms with Gasteiger partial charge in [0.15, 0.2) is 18.7 Å². The van der Waals surface area contributed by atoms with Crippen molar-refractivity contribution in [3.8, 4) is 0 Å². The van der Waals surface area contributed by atoms with Crippen LogP contribution in [0.1, 0.15) is 32.1 Å². The standard InChI is InChI=1S/C13H20NO2/c1-3-6-14-7-4-12(5-8-14)13-15-9-11(2)10-16-13/h4-5,7-8,11,13H,3,6,9-10H2,1-2H3/q+1. The molecule has 0 unspecified atom stereocenters. The van der Waals surface area contributed by atoms with Gasteiger partial charge in [-0.05, 0) is 0 Å². The summed E-state index contributed by atoms with van der Waals surface area (Å²) in [5.41, 5.74) is 1.11. The van der Waals surface area contributed by atoms with E-state index in [9.17, 15) is 0 Å². The van der Waals surface area contributed by atoms with Gasteiger partial charge in [-0.25, -0.2) is 4.57 Å². The Kier molecular flexibility index (Phi) is 3.91. The fourth-order valence-electron chi connectivity index (χ4n) is 1.83. The lowest BCUT2D eigenvalue weighted by molar-refractivity contribution is -0.697. The zero-order valence-corrected chi connectivity index (χ0v) is 10.1. The van der Waals surface area contributed by atoms with E-state index in [-0.39, 0.29) is 6.29 Å². The predicted molar refractivity (Wildman–Crippen MR) is 60.7 cm³/mol. The van der Waals surface area contributed by atoms with Crippen LogP contribution >= 0.6 is 0 Å². The summed E-state index contributed by atoms with van der Waals surface area (Å²) in [6, 6.07) is 4.16. The molecule has 3 nitrogen and oxygen atoms in total. The van der Waals surface area contributed by atoms with Crippen LogP contribution in [0.15, 0.2) is 24.5 Å². The zero-order valence-electron chi connectivity index (χ0n) is 10.1. The third kappa shape index (κ3) is 2.80. The zero-order chi connectivity index (χ0) is 11.4. The maximum atomic E-state index is 5.64. The molecule has 0 spiro atoms. The van der Waals surface area contributed by atoms with Gasteiger partial charge >= 0.3 is 0 Å². The Bertz CT molecular complexity index is 315. The van der Waals surface area contributed by atoms with Crippen molar-refractivity contribution in [2.75, 3.05) is 13.2 Å². The molecule has 0 atom stereocenters. The van der Waals surface area contributed by atoms with Gasteiger partial charge in [0.1, 0.15) is 6.54 Å². The van der Waals surface area contributed by atoms with Crippen molar-refractivity contribution in [3.63, 3.8) is 0 Å². The molecule has 0 amide bonds. The summed E-state index contributed by atoms with van der Waals surface area (Å²) in [4.78, 5) is 0. The first kappa shape index (κ1) is 11.6. The molecule has 0 N–H and O–H groups in total. The highest BCUT2D eigenvalue weighted by atomic mass is 16.7. The molecule has 16 heavy (non-hydrogen) atoms. The third-order valence-corrected chi connectivity index (χ3v) is 2.74. The van der Waals surface area contributed by atoms with Crippen LogP contribution in [0.2, 0.25) is 0 Å². The Morgan fingerprint density at radius 3 is 2.44 bits per heavy atom. The van der Waals surface area contributed by atoms with Gasteiger partial charge < -0.3 is 9.47 Å². The molecule has 1 aliphatic rings. The molecule has 0 aliphatic carbocycles. The molecule has 1 fully saturated rings. The van der Waals surface area contributed by atoms with Gasteiger partial charge in [0.05, 0.1) is 13.2 Å². The van der Waals surface area contributed by atoms with Crippen LogP contribution in [0.5, 0.6) is 0 Å². The van der Waals surface area contributed by atoms with Crippen LogP contribution < -0.4 is 4.57 Å². The van der Waals surface area contributed by atoms with E-state index >= 15 is 0 Å². The maximum Gasteiger partial charge on any atom is 0.184 e. The van der Waals surface area contributed by atoms with Crippen molar-refractivity contribution in [2.45, 2.75) is 33.1 Å². The first-order valence-corrected chi connectivity index (χ1v) is 6.02. The number of rotatable bonds is 3. The van der Waals surface area contributed by atoms with E-state index < -0.39 is 0 Å². The number of pyridine rings is 1. The molecule has 1 aliphatic heterocycles. The summed E-state index contributed by atoms with van der Waals surface area (Å²) in [7, 11) is 0. The molecule has 1 aromatic rings. The second kappa shape index (κ2) is 5.41. The molecule has 0 saturated carbocycles. The van der Waals surface area contributed by atoms with E-state index in [1.165, 1.54) is 0 Å². The minimum Gasteiger partial charge on any atom is -0.348 e. The predicted octanol–water partition coefficient (Wildman–Crippen LogP) is 2.07. The smallest absolute Gasteiger partial charge is 0.184 e. The number of hydrogen-bond donors (Lipinski definition) is 0. The van der Waals surface area contributed by atoms with Crippen LogP contribution in [0.25, 0.3) is 0 Å². The number of aromatic nitrogens is 1. The molecule has 0 aromatic carbocycles. The van der Waals surface area contributed by atoms with Gasteiger partial charge in [-0.2, -0.15) is 0 Å². The Balaban J connectivity index is 1.98. The third-order valence-electron chi connectivity index (χ3n) is 2.74. The minimum absolute atomic E-state index is 0.174. The quantitative estimate of drug-likeness (QED) is 0.730. The van der Waals surface area contributed by atoms with E-state index in [1.54, 1.807) is 0 Å². The highest BCUT2D eigenvalue weighted by molar-refractivity contribution is 5.09. The molecule has 88 valence electrons. The molecule has 1 aromatic heterocycles. The molecule has 1 saturated heterocycles. The highest BCUT2D eigenvalue weighted by Crippen LogP contribution is 2.23. The lowest BCUT2D eigenvalue weighted by Crippen LogP contribution is -2.33. The normalized spacial score (nSPS) is 25.6. The van der Waals surface area contributed by atoms with Crippen LogP contribution in [0, 0.1) is 5.92 Å². The van der Waals surface area contributed by atoms with Crippen LogP contribution in [0.4, 0.5) is 0 Å². The summed E-state index contributed by atoms with van der Waals surface area (Å²) in [6.45, 7) is 6.94. The Labute approximate surface area is 97.0 Å². The summed E-state index contributed by atoms with van der Waals surface area (Å²) < 4.78 is 13.5. The molecule has 0 bridgehead atoms. The monoisotopic (exact) mass is 222 g/mol. The van der Waals surface area contributed by atoms with Gasteiger partial charge in [-0.1, -0.05) is 13.8 Å². The van der Waals surface area contributed by atoms with E-state index in [2.05, 4.69) is 42.9 Å². The Hall–Kier alpha value is -0.930. The Morgan fingerprint density at radius 1 is 1.25 bits per heavy atom. The van der Waals surface area contributed by atoms with Crippen molar-refractivity contribution in [1.82, 2.24) is 0 Å². The van der Waals surface area contributed by atoms with E-state index in [1.807, 2.05) is 0 Å². The molecular weight excluding hydrogens is 202 g/mol. The van der Waals surface area contributed by atoms with E-state index in [4.69, 9.17) is 9.47 Å². The van der Waals surface area contributed by atoms with Crippen molar-refractivity contribution >= 4 is 0 Å². The van der Waals surface area contributed by atoms with Crippen molar-refractivity contribution in [3.05, 3.63) is 30.1 Å². The number of aryl methyl sites for hydroxylation is 1. The molecule has 3 heteroatoms. The molecule has 2 rings (SSSR count). The summed E-state index contributed by atoms with van der Waals surface area (Å²) in [5, 5.41) is 0. The van der Waals surface area contributed by atoms with Crippen molar-refractivity contribution < 1.29 is 14.0 Å². The molecule has 0 radical (unpaired) electrons. The summed E-state index contributed by atoms with van der Waals surface area (Å²) in [5.74, 6) is 0.505. The largest absolute Gasteiger partial charge is 0.348 e. The first-order valence-electron chi connectivity index (χ1n) is 6.02. The fraction of sp³-hybridized carbons (Fsp3) is 0.615. The first-order chi connectivity index (χ1) is 7.79. The fourth-order valence-corrected chi connectivity index (χ4v) is 1.83. The lowest BCUT2D eigenvalue weighted by atomic mass is 10.2. The second-order valence-electron chi connectivity index (χ2n) is 4.47. The highest BCUT2D eigenvalue weighted by Gasteiger charge is 2.21. The summed E-state index contributed by atoms with van der Waals surface area (Å²) >= 11 is 0. The SMILES string of the molecule is CCC[n+]1ccc(C2OCC(C)CO2)cc1. The van der Waals surface area contributed by atoms with Gasteiger partial charge in [0, 0.05) is 30.0 Å². The minimum atomic E-state index is -0.174. The van der Waals surface area contributed by atoms with Gasteiger partial charge in [-0.15, -0.1) is 0 Å². The van der Waals surface area contributed by atoms with Gasteiger partial charge in [0.25, 0.3) is 0 Å². The van der Waals surface area contributed by atoms with Crippen LogP contribution in [-0.2, 0) is 16.0 Å². The summed E-state index contributed by atoms with van der Waals surface area (Å²) in [6.07, 6.45) is 5.15. The second-order valence-corrected chi connectivity index (χ2v) is 4.47. The number of ether oxygens (including phenoxy) is 2. The molecular formula is C13H20NO2+. The van der Waals surface area contributed by atoms with Crippen LogP contribution in [-0.4, -0.2) is 13.2 Å². The van der Waals surface area contributed by atoms with Crippen LogP contribution in [0.3, 0.4) is 0 Å². The number of nitrogens with zero attached hydrogens (tertiary/aromatic N) is 1. The topological polar surface area (TPSA) is 22.3 Å². The van der Waals surface area contributed by atoms with Gasteiger partial charge in [0.2, 0.25) is 0 Å². The average molecular weight is 222 g/mol. The molecule has 2 heterocycles. The maximum absolute atomic E-state index is 5.64. The van der Waals surface area contributed by atoms with E-state index in [0.717, 1.165) is 31.7 Å². The van der Waals surface area contributed by atoms with Crippen molar-refractivity contribution in [2.24, 2.45) is 5.92 Å². The number of hydrogen-bond acceptors (Lipinski definition) is 2. The van der Waals surface area contributed by atoms with Gasteiger partial charge in [-0.3, -0.25) is 0 Å².